The van der Waals surface area contributed by atoms with E-state index in [4.69, 9.17) is 13.6 Å². The second-order valence-corrected chi connectivity index (χ2v) is 8.47. The van der Waals surface area contributed by atoms with Gasteiger partial charge in [-0.25, -0.2) is 9.18 Å². The van der Waals surface area contributed by atoms with E-state index in [-0.39, 0.29) is 17.6 Å². The smallest absolute Gasteiger partial charge is 0.419 e. The Kier molecular flexibility index (Phi) is 6.11. The molecular weight excluding hydrogens is 455 g/mol. The summed E-state index contributed by atoms with van der Waals surface area (Å²) in [6, 6.07) is 11.4. The van der Waals surface area contributed by atoms with Gasteiger partial charge in [0, 0.05) is 26.6 Å². The Labute approximate surface area is 199 Å². The van der Waals surface area contributed by atoms with Gasteiger partial charge in [-0.15, -0.1) is 0 Å². The standard InChI is InChI=1S/C25H23FN4O5/c1-30-18-9-14(4-6-19(18)35-25(30)32)15-3-5-17-20(10-15)34-21(23(17)26)11-16(12-27)29-24(31)22-13-28-7-2-8-33-22/h3-6,9-10,16,22,28H,2,7-8,11,13H2,1H3,(H,29,31)/t16-,22-/m0/s1. The van der Waals surface area contributed by atoms with E-state index < -0.39 is 29.6 Å². The van der Waals surface area contributed by atoms with Crippen LogP contribution in [0.4, 0.5) is 4.39 Å². The SMILES string of the molecule is Cn1c(=O)oc2ccc(-c3ccc4c(F)c(C[C@@H](C#N)NC(=O)[C@@H]5CNCCCO5)oc4c3)cc21. The molecule has 2 atom stereocenters. The fourth-order valence-corrected chi connectivity index (χ4v) is 4.20. The van der Waals surface area contributed by atoms with E-state index in [0.717, 1.165) is 24.1 Å². The molecule has 0 aliphatic carbocycles. The van der Waals surface area contributed by atoms with Crippen molar-refractivity contribution in [3.05, 3.63) is 58.5 Å². The minimum Gasteiger partial charge on any atom is -0.458 e. The van der Waals surface area contributed by atoms with Gasteiger partial charge in [0.15, 0.2) is 11.4 Å². The third-order valence-electron chi connectivity index (χ3n) is 6.12. The molecule has 0 saturated carbocycles. The molecule has 3 heterocycles. The van der Waals surface area contributed by atoms with Crippen LogP contribution in [0.1, 0.15) is 12.2 Å². The maximum atomic E-state index is 15.1. The highest BCUT2D eigenvalue weighted by molar-refractivity contribution is 5.87. The van der Waals surface area contributed by atoms with Crippen molar-refractivity contribution in [1.29, 1.82) is 5.26 Å². The molecule has 5 rings (SSSR count). The number of hydrogen-bond donors (Lipinski definition) is 2. The molecular formula is C25H23FN4O5. The van der Waals surface area contributed by atoms with Gasteiger partial charge in [0.05, 0.1) is 17.0 Å². The summed E-state index contributed by atoms with van der Waals surface area (Å²) >= 11 is 0. The van der Waals surface area contributed by atoms with Crippen molar-refractivity contribution in [2.45, 2.75) is 25.0 Å². The highest BCUT2D eigenvalue weighted by atomic mass is 19.1. The molecule has 1 amide bonds. The third-order valence-corrected chi connectivity index (χ3v) is 6.12. The molecule has 0 radical (unpaired) electrons. The Balaban J connectivity index is 1.38. The molecule has 0 bridgehead atoms. The summed E-state index contributed by atoms with van der Waals surface area (Å²) in [5.74, 6) is -1.46. The number of benzene rings is 2. The van der Waals surface area contributed by atoms with Crippen LogP contribution in [-0.2, 0) is 23.0 Å². The third kappa shape index (κ3) is 4.43. The van der Waals surface area contributed by atoms with Crippen molar-refractivity contribution in [3.63, 3.8) is 0 Å². The molecule has 2 aromatic carbocycles. The van der Waals surface area contributed by atoms with E-state index in [9.17, 15) is 14.9 Å². The summed E-state index contributed by atoms with van der Waals surface area (Å²) in [5.41, 5.74) is 2.99. The molecule has 1 aliphatic heterocycles. The van der Waals surface area contributed by atoms with Crippen molar-refractivity contribution in [2.24, 2.45) is 7.05 Å². The number of aromatic nitrogens is 1. The first kappa shape index (κ1) is 22.8. The van der Waals surface area contributed by atoms with E-state index in [2.05, 4.69) is 10.6 Å². The minimum atomic E-state index is -0.978. The number of nitriles is 1. The fraction of sp³-hybridized carbons (Fsp3) is 0.320. The summed E-state index contributed by atoms with van der Waals surface area (Å²) in [6.07, 6.45) is -0.0315. The van der Waals surface area contributed by atoms with Crippen molar-refractivity contribution >= 4 is 28.0 Å². The molecule has 4 aromatic rings. The number of halogens is 1. The first-order valence-electron chi connectivity index (χ1n) is 11.3. The van der Waals surface area contributed by atoms with E-state index in [1.54, 1.807) is 37.4 Å². The lowest BCUT2D eigenvalue weighted by atomic mass is 10.0. The predicted molar refractivity (Wildman–Crippen MR) is 125 cm³/mol. The number of aryl methyl sites for hydroxylation is 1. The number of amides is 1. The molecule has 0 spiro atoms. The number of fused-ring (bicyclic) bond motifs is 2. The first-order chi connectivity index (χ1) is 16.9. The number of furan rings is 1. The molecule has 1 aliphatic rings. The predicted octanol–water partition coefficient (Wildman–Crippen LogP) is 2.61. The average molecular weight is 478 g/mol. The van der Waals surface area contributed by atoms with Crippen LogP contribution < -0.4 is 16.4 Å². The molecule has 180 valence electrons. The summed E-state index contributed by atoms with van der Waals surface area (Å²) in [6.45, 7) is 1.56. The number of ether oxygens (including phenoxy) is 1. The normalized spacial score (nSPS) is 17.2. The molecule has 35 heavy (non-hydrogen) atoms. The quantitative estimate of drug-likeness (QED) is 0.452. The summed E-state index contributed by atoms with van der Waals surface area (Å²) in [4.78, 5) is 24.3. The second-order valence-electron chi connectivity index (χ2n) is 8.47. The van der Waals surface area contributed by atoms with Gasteiger partial charge in [-0.2, -0.15) is 5.26 Å². The maximum Gasteiger partial charge on any atom is 0.419 e. The zero-order chi connectivity index (χ0) is 24.5. The molecule has 0 unspecified atom stereocenters. The van der Waals surface area contributed by atoms with Gasteiger partial charge in [0.1, 0.15) is 23.5 Å². The van der Waals surface area contributed by atoms with E-state index in [1.807, 2.05) is 12.1 Å². The van der Waals surface area contributed by atoms with Gasteiger partial charge < -0.3 is 24.2 Å². The summed E-state index contributed by atoms with van der Waals surface area (Å²) in [5, 5.41) is 15.5. The number of oxazole rings is 1. The molecule has 1 saturated heterocycles. The van der Waals surface area contributed by atoms with Gasteiger partial charge >= 0.3 is 5.76 Å². The zero-order valence-electron chi connectivity index (χ0n) is 19.0. The van der Waals surface area contributed by atoms with Crippen LogP contribution in [0, 0.1) is 17.1 Å². The van der Waals surface area contributed by atoms with Crippen molar-refractivity contribution < 1.29 is 22.8 Å². The average Bonchev–Trinajstić information content (AvgIpc) is 3.17. The van der Waals surface area contributed by atoms with Crippen LogP contribution in [-0.4, -0.2) is 42.3 Å². The topological polar surface area (TPSA) is 122 Å². The Morgan fingerprint density at radius 2 is 2.06 bits per heavy atom. The number of hydrogen-bond acceptors (Lipinski definition) is 7. The molecule has 9 nitrogen and oxygen atoms in total. The van der Waals surface area contributed by atoms with Gasteiger partial charge in [-0.3, -0.25) is 9.36 Å². The van der Waals surface area contributed by atoms with Gasteiger partial charge in [-0.1, -0.05) is 12.1 Å². The molecule has 2 aromatic heterocycles. The van der Waals surface area contributed by atoms with Crippen molar-refractivity contribution in [3.8, 4) is 17.2 Å². The Morgan fingerprint density at radius 3 is 2.89 bits per heavy atom. The molecule has 2 N–H and O–H groups in total. The summed E-state index contributed by atoms with van der Waals surface area (Å²) in [7, 11) is 1.62. The van der Waals surface area contributed by atoms with Gasteiger partial charge in [-0.05, 0) is 48.4 Å². The monoisotopic (exact) mass is 478 g/mol. The fourth-order valence-electron chi connectivity index (χ4n) is 4.20. The van der Waals surface area contributed by atoms with Crippen LogP contribution in [0.5, 0.6) is 0 Å². The highest BCUT2D eigenvalue weighted by Gasteiger charge is 2.25. The molecule has 1 fully saturated rings. The maximum absolute atomic E-state index is 15.1. The van der Waals surface area contributed by atoms with Crippen LogP contribution in [0.2, 0.25) is 0 Å². The van der Waals surface area contributed by atoms with Crippen LogP contribution in [0.25, 0.3) is 33.2 Å². The van der Waals surface area contributed by atoms with E-state index in [1.165, 1.54) is 4.57 Å². The largest absolute Gasteiger partial charge is 0.458 e. The molecule has 10 heteroatoms. The zero-order valence-corrected chi connectivity index (χ0v) is 19.0. The van der Waals surface area contributed by atoms with Crippen LogP contribution in [0.3, 0.4) is 0 Å². The van der Waals surface area contributed by atoms with Crippen molar-refractivity contribution in [1.82, 2.24) is 15.2 Å². The van der Waals surface area contributed by atoms with E-state index >= 15 is 4.39 Å². The number of nitrogens with one attached hydrogen (secondary N) is 2. The number of rotatable bonds is 5. The van der Waals surface area contributed by atoms with Crippen molar-refractivity contribution in [2.75, 3.05) is 19.7 Å². The lowest BCUT2D eigenvalue weighted by Crippen LogP contribution is -2.46. The second kappa shape index (κ2) is 9.37. The Bertz CT molecular complexity index is 1500. The number of carbonyl (C=O) groups is 1. The van der Waals surface area contributed by atoms with Gasteiger partial charge in [0.2, 0.25) is 0 Å². The van der Waals surface area contributed by atoms with E-state index in [0.29, 0.717) is 29.8 Å². The Morgan fingerprint density at radius 1 is 1.26 bits per heavy atom. The lowest BCUT2D eigenvalue weighted by Gasteiger charge is -2.17. The number of nitrogens with zero attached hydrogens (tertiary/aromatic N) is 2. The first-order valence-corrected chi connectivity index (χ1v) is 11.3. The number of carbonyl (C=O) groups excluding carboxylic acids is 1. The highest BCUT2D eigenvalue weighted by Crippen LogP contribution is 2.31. The lowest BCUT2D eigenvalue weighted by molar-refractivity contribution is -0.132. The summed E-state index contributed by atoms with van der Waals surface area (Å²) < 4.78 is 32.9. The Hall–Kier alpha value is -3.94. The minimum absolute atomic E-state index is 0.0170. The van der Waals surface area contributed by atoms with Crippen LogP contribution >= 0.6 is 0 Å². The van der Waals surface area contributed by atoms with Gasteiger partial charge in [0.25, 0.3) is 5.91 Å². The van der Waals surface area contributed by atoms with Crippen LogP contribution in [0.15, 0.2) is 50.0 Å².